The zero-order valence-corrected chi connectivity index (χ0v) is 11.3. The third kappa shape index (κ3) is 3.36. The Hall–Kier alpha value is -1.79. The first-order chi connectivity index (χ1) is 9.10. The van der Waals surface area contributed by atoms with Crippen molar-refractivity contribution >= 4 is 11.6 Å². The number of nitrogens with zero attached hydrogens (tertiary/aromatic N) is 2. The molecule has 0 aromatic heterocycles. The van der Waals surface area contributed by atoms with E-state index in [2.05, 4.69) is 17.4 Å². The number of ether oxygens (including phenoxy) is 1. The standard InChI is InChI=1S/C13H20N4O2/c1-16-5-7-17(8-6-16)15-13(18)11-4-3-10(14)9-12(11)19-2/h3-4,9H,5-8,14H2,1-2H3,(H,15,18). The molecule has 0 unspecified atom stereocenters. The van der Waals surface area contributed by atoms with Crippen molar-refractivity contribution in [3.8, 4) is 5.75 Å². The highest BCUT2D eigenvalue weighted by molar-refractivity contribution is 5.97. The monoisotopic (exact) mass is 264 g/mol. The highest BCUT2D eigenvalue weighted by atomic mass is 16.5. The molecular formula is C13H20N4O2. The van der Waals surface area contributed by atoms with Crippen molar-refractivity contribution in [1.29, 1.82) is 0 Å². The average molecular weight is 264 g/mol. The number of rotatable bonds is 3. The van der Waals surface area contributed by atoms with E-state index in [9.17, 15) is 4.79 Å². The number of methoxy groups -OCH3 is 1. The van der Waals surface area contributed by atoms with Gasteiger partial charge in [-0.3, -0.25) is 10.2 Å². The van der Waals surface area contributed by atoms with Crippen LogP contribution in [0.25, 0.3) is 0 Å². The van der Waals surface area contributed by atoms with Gasteiger partial charge in [-0.1, -0.05) is 0 Å². The first kappa shape index (κ1) is 13.6. The summed E-state index contributed by atoms with van der Waals surface area (Å²) in [6.45, 7) is 3.53. The SMILES string of the molecule is COc1cc(N)ccc1C(=O)NN1CCN(C)CC1. The average Bonchev–Trinajstić information content (AvgIpc) is 2.41. The fourth-order valence-electron chi connectivity index (χ4n) is 2.02. The van der Waals surface area contributed by atoms with Crippen molar-refractivity contribution in [3.05, 3.63) is 23.8 Å². The van der Waals surface area contributed by atoms with E-state index in [1.807, 2.05) is 5.01 Å². The number of piperazine rings is 1. The maximum atomic E-state index is 12.2. The second-order valence-corrected chi connectivity index (χ2v) is 4.69. The van der Waals surface area contributed by atoms with Gasteiger partial charge in [0.15, 0.2) is 0 Å². The van der Waals surface area contributed by atoms with E-state index in [-0.39, 0.29) is 5.91 Å². The maximum Gasteiger partial charge on any atom is 0.269 e. The normalized spacial score (nSPS) is 17.2. The molecule has 6 heteroatoms. The van der Waals surface area contributed by atoms with E-state index in [1.54, 1.807) is 18.2 Å². The van der Waals surface area contributed by atoms with E-state index in [0.717, 1.165) is 26.2 Å². The van der Waals surface area contributed by atoms with Gasteiger partial charge in [0.05, 0.1) is 12.7 Å². The molecule has 1 aliphatic heterocycles. The molecule has 19 heavy (non-hydrogen) atoms. The number of amides is 1. The minimum atomic E-state index is -0.165. The van der Waals surface area contributed by atoms with Gasteiger partial charge < -0.3 is 15.4 Å². The number of hydrogen-bond acceptors (Lipinski definition) is 5. The zero-order valence-electron chi connectivity index (χ0n) is 11.3. The van der Waals surface area contributed by atoms with Gasteiger partial charge in [-0.2, -0.15) is 0 Å². The lowest BCUT2D eigenvalue weighted by molar-refractivity contribution is 0.0660. The number of likely N-dealkylation sites (N-methyl/N-ethyl adjacent to an activating group) is 1. The van der Waals surface area contributed by atoms with Crippen molar-refractivity contribution in [3.63, 3.8) is 0 Å². The smallest absolute Gasteiger partial charge is 0.269 e. The Kier molecular flexibility index (Phi) is 4.24. The summed E-state index contributed by atoms with van der Waals surface area (Å²) in [5.41, 5.74) is 9.64. The van der Waals surface area contributed by atoms with Crippen molar-refractivity contribution in [2.45, 2.75) is 0 Å². The molecule has 1 heterocycles. The Balaban J connectivity index is 2.03. The lowest BCUT2D eigenvalue weighted by Crippen LogP contribution is -2.52. The van der Waals surface area contributed by atoms with E-state index >= 15 is 0 Å². The van der Waals surface area contributed by atoms with Crippen molar-refractivity contribution in [2.75, 3.05) is 46.1 Å². The summed E-state index contributed by atoms with van der Waals surface area (Å²) in [6, 6.07) is 5.03. The maximum absolute atomic E-state index is 12.2. The minimum absolute atomic E-state index is 0.165. The quantitative estimate of drug-likeness (QED) is 0.762. The molecule has 1 aromatic carbocycles. The van der Waals surface area contributed by atoms with Crippen LogP contribution in [0.2, 0.25) is 0 Å². The Morgan fingerprint density at radius 1 is 1.32 bits per heavy atom. The molecule has 0 aliphatic carbocycles. The number of carbonyl (C=O) groups excluding carboxylic acids is 1. The zero-order chi connectivity index (χ0) is 13.8. The Bertz CT molecular complexity index is 456. The van der Waals surface area contributed by atoms with Crippen LogP contribution >= 0.6 is 0 Å². The molecule has 0 bridgehead atoms. The van der Waals surface area contributed by atoms with Gasteiger partial charge in [0.1, 0.15) is 5.75 Å². The number of anilines is 1. The molecule has 0 atom stereocenters. The van der Waals surface area contributed by atoms with Crippen molar-refractivity contribution in [2.24, 2.45) is 0 Å². The third-order valence-corrected chi connectivity index (χ3v) is 3.23. The van der Waals surface area contributed by atoms with Gasteiger partial charge in [0.2, 0.25) is 0 Å². The summed E-state index contributed by atoms with van der Waals surface area (Å²) < 4.78 is 5.19. The van der Waals surface area contributed by atoms with Gasteiger partial charge in [-0.15, -0.1) is 0 Å². The van der Waals surface area contributed by atoms with Crippen LogP contribution in [0.5, 0.6) is 5.75 Å². The fraction of sp³-hybridized carbons (Fsp3) is 0.462. The van der Waals surface area contributed by atoms with Gasteiger partial charge >= 0.3 is 0 Å². The molecule has 1 amide bonds. The molecule has 1 aliphatic rings. The molecule has 6 nitrogen and oxygen atoms in total. The summed E-state index contributed by atoms with van der Waals surface area (Å²) in [6.07, 6.45) is 0. The molecule has 1 aromatic rings. The van der Waals surface area contributed by atoms with Crippen LogP contribution in [0.15, 0.2) is 18.2 Å². The van der Waals surface area contributed by atoms with E-state index < -0.39 is 0 Å². The minimum Gasteiger partial charge on any atom is -0.496 e. The van der Waals surface area contributed by atoms with Crippen molar-refractivity contribution in [1.82, 2.24) is 15.3 Å². The summed E-state index contributed by atoms with van der Waals surface area (Å²) in [5.74, 6) is 0.327. The fourth-order valence-corrected chi connectivity index (χ4v) is 2.02. The summed E-state index contributed by atoms with van der Waals surface area (Å²) >= 11 is 0. The first-order valence-electron chi connectivity index (χ1n) is 6.28. The van der Waals surface area contributed by atoms with Crippen molar-refractivity contribution < 1.29 is 9.53 Å². The van der Waals surface area contributed by atoms with E-state index in [0.29, 0.717) is 17.0 Å². The van der Waals surface area contributed by atoms with Gasteiger partial charge in [0, 0.05) is 37.9 Å². The Morgan fingerprint density at radius 2 is 2.00 bits per heavy atom. The van der Waals surface area contributed by atoms with Crippen LogP contribution < -0.4 is 15.9 Å². The lowest BCUT2D eigenvalue weighted by atomic mass is 10.1. The van der Waals surface area contributed by atoms with Gasteiger partial charge in [0.25, 0.3) is 5.91 Å². The third-order valence-electron chi connectivity index (χ3n) is 3.23. The van der Waals surface area contributed by atoms with Crippen LogP contribution in [0.1, 0.15) is 10.4 Å². The number of nitrogen functional groups attached to an aromatic ring is 1. The molecule has 0 radical (unpaired) electrons. The van der Waals surface area contributed by atoms with Gasteiger partial charge in [-0.05, 0) is 19.2 Å². The van der Waals surface area contributed by atoms with E-state index in [4.69, 9.17) is 10.5 Å². The molecule has 0 saturated carbocycles. The predicted molar refractivity (Wildman–Crippen MR) is 73.9 cm³/mol. The number of hydrazine groups is 1. The van der Waals surface area contributed by atoms with Crippen LogP contribution in [0.4, 0.5) is 5.69 Å². The van der Waals surface area contributed by atoms with Crippen LogP contribution in [0.3, 0.4) is 0 Å². The van der Waals surface area contributed by atoms with Crippen LogP contribution in [-0.2, 0) is 0 Å². The van der Waals surface area contributed by atoms with Gasteiger partial charge in [-0.25, -0.2) is 5.01 Å². The second kappa shape index (κ2) is 5.90. The largest absolute Gasteiger partial charge is 0.496 e. The lowest BCUT2D eigenvalue weighted by Gasteiger charge is -2.32. The molecule has 2 rings (SSSR count). The molecule has 0 spiro atoms. The summed E-state index contributed by atoms with van der Waals surface area (Å²) in [4.78, 5) is 14.4. The summed E-state index contributed by atoms with van der Waals surface area (Å²) in [7, 11) is 3.60. The Labute approximate surface area is 113 Å². The molecular weight excluding hydrogens is 244 g/mol. The number of hydrogen-bond donors (Lipinski definition) is 2. The predicted octanol–water partition coefficient (Wildman–Crippen LogP) is 0.170. The number of carbonyl (C=O) groups is 1. The molecule has 3 N–H and O–H groups in total. The molecule has 1 fully saturated rings. The highest BCUT2D eigenvalue weighted by Crippen LogP contribution is 2.21. The molecule has 1 saturated heterocycles. The summed E-state index contributed by atoms with van der Waals surface area (Å²) in [5, 5.41) is 1.93. The number of nitrogens with two attached hydrogens (primary N) is 1. The highest BCUT2D eigenvalue weighted by Gasteiger charge is 2.18. The van der Waals surface area contributed by atoms with Crippen LogP contribution in [0, 0.1) is 0 Å². The van der Waals surface area contributed by atoms with Crippen LogP contribution in [-0.4, -0.2) is 56.2 Å². The number of benzene rings is 1. The Morgan fingerprint density at radius 3 is 2.63 bits per heavy atom. The topological polar surface area (TPSA) is 70.8 Å². The second-order valence-electron chi connectivity index (χ2n) is 4.69. The number of nitrogens with one attached hydrogen (secondary N) is 1. The molecule has 104 valence electrons. The van der Waals surface area contributed by atoms with E-state index in [1.165, 1.54) is 7.11 Å². The first-order valence-corrected chi connectivity index (χ1v) is 6.28.